The van der Waals surface area contributed by atoms with Crippen LogP contribution in [-0.4, -0.2) is 235 Å². The zero-order valence-electron chi connectivity index (χ0n) is 77.7. The Morgan fingerprint density at radius 3 is 1.08 bits per heavy atom. The van der Waals surface area contributed by atoms with Crippen LogP contribution < -0.4 is 31.8 Å². The third-order valence-electron chi connectivity index (χ3n) is 23.4. The summed E-state index contributed by atoms with van der Waals surface area (Å²) in [5, 5.41) is 13.2. The second-order valence-electron chi connectivity index (χ2n) is 37.4. The minimum atomic E-state index is -1.47. The Labute approximate surface area is 787 Å². The fraction of sp³-hybridized carbons (Fsp3) is 0.360. The number of halogens is 4. The quantitative estimate of drug-likeness (QED) is 0.0217. The first-order valence-electron chi connectivity index (χ1n) is 43.1. The molecule has 4 aromatic heterocycles. The van der Waals surface area contributed by atoms with Crippen molar-refractivity contribution in [3.63, 3.8) is 0 Å². The van der Waals surface area contributed by atoms with Crippen molar-refractivity contribution >= 4 is 198 Å². The lowest BCUT2D eigenvalue weighted by molar-refractivity contribution is -0.145. The van der Waals surface area contributed by atoms with Crippen LogP contribution in [0.2, 0.25) is 85.4 Å². The minimum Gasteiger partial charge on any atom is -0.361 e. The van der Waals surface area contributed by atoms with Gasteiger partial charge in [0.05, 0.1) is 76.2 Å². The number of benzene rings is 8. The fourth-order valence-electron chi connectivity index (χ4n) is 16.5. The van der Waals surface area contributed by atoms with Crippen LogP contribution in [0.3, 0.4) is 0 Å². The number of hydrogen-bond acceptors (Lipinski definition) is 10. The van der Waals surface area contributed by atoms with Gasteiger partial charge in [-0.25, -0.2) is 0 Å². The van der Waals surface area contributed by atoms with E-state index in [-0.39, 0.29) is 72.6 Å². The predicted molar refractivity (Wildman–Crippen MR) is 549 cm³/mol. The molecule has 12 aromatic rings. The topological polar surface area (TPSA) is 257 Å². The van der Waals surface area contributed by atoms with Crippen molar-refractivity contribution in [1.82, 2.24) is 54.7 Å². The molecular weight excluding hydrogens is 1760 g/mol. The monoisotopic (exact) mass is 1890 g/mol. The SMILES string of the molecule is C.CN(C)C(=O)[C@H](N)Cc1c[nH]c2ccccc12.CN(C)C(=O)[C@H]1Cc2c([nH]c3ccccc23)[C@@H](c2ccc([Si](C)(C)C)cc2)N1C(=O)CCl.CN(C)C(=O)[C@H]1Cc2c([nH]c3ccccc23)[C@H](c2ccc([Si](C)(C)C)cc2)N1.CN(C)C(=O)[C@H]1Cc2c([nH]c3ccccc23)[C@H](c2ccc([Si](C)(C)C)cc2)N1C(=O)CCl.C[Si](C)(C)c1ccc(C=O)cc1.O=C(Cl)CCl.[B]C. The molecule has 129 heavy (non-hydrogen) atoms. The second-order valence-corrected chi connectivity index (χ2v) is 58.9. The van der Waals surface area contributed by atoms with Crippen molar-refractivity contribution in [3.05, 3.63) is 262 Å². The van der Waals surface area contributed by atoms with Crippen molar-refractivity contribution in [2.24, 2.45) is 5.73 Å². The first-order valence-corrected chi connectivity index (χ1v) is 59.0. The van der Waals surface area contributed by atoms with Crippen molar-refractivity contribution in [2.75, 3.05) is 74.0 Å². The molecule has 0 saturated carbocycles. The van der Waals surface area contributed by atoms with E-state index in [1.807, 2.05) is 93.1 Å². The highest BCUT2D eigenvalue weighted by molar-refractivity contribution is 6.90. The van der Waals surface area contributed by atoms with Gasteiger partial charge in [-0.2, -0.15) is 0 Å². The smallest absolute Gasteiger partial charge is 0.245 e. The van der Waals surface area contributed by atoms with Crippen molar-refractivity contribution < 1.29 is 38.4 Å². The van der Waals surface area contributed by atoms with Crippen LogP contribution in [0.15, 0.2) is 200 Å². The summed E-state index contributed by atoms with van der Waals surface area (Å²) in [6.45, 7) is 29.4. The molecule has 29 heteroatoms. The number of para-hydroxylation sites is 4. The maximum Gasteiger partial charge on any atom is 0.245 e. The molecule has 684 valence electrons. The molecule has 7 N–H and O–H groups in total. The van der Waals surface area contributed by atoms with Crippen LogP contribution in [0, 0.1) is 0 Å². The Hall–Kier alpha value is -9.91. The third-order valence-corrected chi connectivity index (χ3v) is 32.6. The van der Waals surface area contributed by atoms with Gasteiger partial charge in [-0.15, -0.1) is 34.8 Å². The van der Waals surface area contributed by atoms with E-state index in [0.717, 1.165) is 89.3 Å². The number of nitrogens with one attached hydrogen (secondary N) is 5. The fourth-order valence-corrected chi connectivity index (χ4v) is 21.4. The van der Waals surface area contributed by atoms with E-state index in [9.17, 15) is 38.4 Å². The van der Waals surface area contributed by atoms with Crippen LogP contribution in [0.5, 0.6) is 0 Å². The lowest BCUT2D eigenvalue weighted by Crippen LogP contribution is -2.54. The maximum absolute atomic E-state index is 13.2. The Bertz CT molecular complexity index is 5670. The summed E-state index contributed by atoms with van der Waals surface area (Å²) in [7, 11) is 13.1. The maximum atomic E-state index is 13.2. The summed E-state index contributed by atoms with van der Waals surface area (Å²) >= 11 is 21.7. The molecule has 0 fully saturated rings. The number of likely N-dealkylation sites (N-methyl/N-ethyl adjacent to an activating group) is 4. The molecule has 15 rings (SSSR count). The molecule has 7 atom stereocenters. The summed E-state index contributed by atoms with van der Waals surface area (Å²) in [4.78, 5) is 121. The highest BCUT2D eigenvalue weighted by Gasteiger charge is 2.46. The van der Waals surface area contributed by atoms with Gasteiger partial charge in [0.2, 0.25) is 40.7 Å². The molecule has 0 aliphatic carbocycles. The molecule has 2 radical (unpaired) electrons. The molecular formula is C100H129BCl4N12O8Si4. The van der Waals surface area contributed by atoms with Gasteiger partial charge in [0, 0.05) is 142 Å². The number of amides is 6. The Balaban J connectivity index is 0.000000201. The van der Waals surface area contributed by atoms with E-state index in [4.69, 9.17) is 52.1 Å². The van der Waals surface area contributed by atoms with E-state index >= 15 is 0 Å². The van der Waals surface area contributed by atoms with E-state index < -0.39 is 67.7 Å². The van der Waals surface area contributed by atoms with Crippen LogP contribution in [0.1, 0.15) is 91.9 Å². The highest BCUT2D eigenvalue weighted by atomic mass is 35.5. The molecule has 3 aliphatic heterocycles. The highest BCUT2D eigenvalue weighted by Crippen LogP contribution is 2.44. The number of carbonyl (C=O) groups is 8. The third kappa shape index (κ3) is 25.2. The average molecular weight is 1890 g/mol. The summed E-state index contributed by atoms with van der Waals surface area (Å²) in [6, 6.07) is 63.9. The summed E-state index contributed by atoms with van der Waals surface area (Å²) in [5.41, 5.74) is 21.7. The summed E-state index contributed by atoms with van der Waals surface area (Å²) < 4.78 is 0. The van der Waals surface area contributed by atoms with Gasteiger partial charge < -0.3 is 55.1 Å². The van der Waals surface area contributed by atoms with E-state index in [0.29, 0.717) is 25.7 Å². The number of H-pyrrole nitrogens is 4. The molecule has 0 unspecified atom stereocenters. The Morgan fingerprint density at radius 1 is 0.434 bits per heavy atom. The van der Waals surface area contributed by atoms with E-state index in [2.05, 4.69) is 233 Å². The number of hydrogen-bond donors (Lipinski definition) is 6. The van der Waals surface area contributed by atoms with Gasteiger partial charge in [0.25, 0.3) is 0 Å². The summed E-state index contributed by atoms with van der Waals surface area (Å²) in [6.07, 6.45) is 4.99. The Kier molecular flexibility index (Phi) is 36.7. The van der Waals surface area contributed by atoms with Gasteiger partial charge in [-0.1, -0.05) is 283 Å². The number of alkyl halides is 3. The van der Waals surface area contributed by atoms with Gasteiger partial charge in [0.15, 0.2) is 0 Å². The molecule has 6 amide bonds. The van der Waals surface area contributed by atoms with Crippen molar-refractivity contribution in [2.45, 2.75) is 161 Å². The number of fused-ring (bicyclic) bond motifs is 10. The predicted octanol–water partition coefficient (Wildman–Crippen LogP) is 16.2. The zero-order chi connectivity index (χ0) is 94.4. The van der Waals surface area contributed by atoms with Gasteiger partial charge in [-0.05, 0) is 87.7 Å². The van der Waals surface area contributed by atoms with Crippen molar-refractivity contribution in [1.29, 1.82) is 0 Å². The number of aldehydes is 1. The molecule has 0 spiro atoms. The van der Waals surface area contributed by atoms with Gasteiger partial charge in [-0.3, -0.25) is 43.7 Å². The summed E-state index contributed by atoms with van der Waals surface area (Å²) in [5.74, 6) is -1.03. The van der Waals surface area contributed by atoms with E-state index in [1.54, 1.807) is 66.8 Å². The molecule has 3 aliphatic rings. The number of nitrogens with two attached hydrogens (primary N) is 1. The van der Waals surface area contributed by atoms with Crippen LogP contribution >= 0.6 is 46.4 Å². The normalized spacial score (nSPS) is 16.4. The number of rotatable bonds is 17. The molecule has 0 saturated heterocycles. The zero-order valence-corrected chi connectivity index (χ0v) is 84.8. The standard InChI is InChI=1S/2C25H30ClN3O2Si.C23H29N3OSi.C13H17N3O.C10H14OSi.C2H2Cl2O.CH3B.CH4/c2*1-28(2)25(31)21-14-19-18-8-6-7-9-20(18)27-23(19)24(29(21)22(30)15-26)16-10-12-17(13-11-16)32(3,4)5;1-26(2)23(27)20-14-18-17-8-6-7-9-19(17)24-22(18)21(25-20)15-10-12-16(13-11-15)28(3,4)5;1-16(2)13(17)11(14)7-9-8-15-12-6-4-3-5-10(9)12;1-12(2,3)10-6-4-9(8-11)5-7-10;3-1-2(4)5;1-2;/h2*6-13,21,24,27H,14-15H2,1-5H3;6-13,20-21,24-25H,14H2,1-5H3;3-6,8,11,15H,7,14H2,1-2H3;4-8H,1-3H3;1H2;1H3;1H4/t21-,24+;21-,24-;20-,21+;11-;;;;/m1111..../s1. The molecule has 7 heterocycles. The number of aromatic nitrogens is 4. The average Bonchev–Trinajstić information content (AvgIpc) is 1.58. The number of carbonyl (C=O) groups excluding carboxylic acids is 8. The largest absolute Gasteiger partial charge is 0.361 e. The first-order chi connectivity index (χ1) is 60.4. The number of nitrogens with zero attached hydrogens (tertiary/aromatic N) is 6. The van der Waals surface area contributed by atoms with Crippen LogP contribution in [-0.2, 0) is 59.2 Å². The Morgan fingerprint density at radius 2 is 0.752 bits per heavy atom. The lowest BCUT2D eigenvalue weighted by Gasteiger charge is -2.42. The number of aromatic amines is 4. The van der Waals surface area contributed by atoms with Gasteiger partial charge in [0.1, 0.15) is 30.1 Å². The van der Waals surface area contributed by atoms with Crippen molar-refractivity contribution in [3.8, 4) is 0 Å². The van der Waals surface area contributed by atoms with Crippen LogP contribution in [0.25, 0.3) is 43.6 Å². The van der Waals surface area contributed by atoms with Gasteiger partial charge >= 0.3 is 0 Å². The molecule has 8 aromatic carbocycles. The molecule has 20 nitrogen and oxygen atoms in total. The first kappa shape index (κ1) is 104. The second kappa shape index (κ2) is 45.3. The van der Waals surface area contributed by atoms with E-state index in [1.165, 1.54) is 54.7 Å². The van der Waals surface area contributed by atoms with Crippen LogP contribution in [0.4, 0.5) is 0 Å². The minimum absolute atomic E-state index is 0. The molecule has 0 bridgehead atoms. The lowest BCUT2D eigenvalue weighted by atomic mass is 9.87.